The van der Waals surface area contributed by atoms with Crippen LogP contribution in [0, 0.1) is 0 Å². The zero-order chi connectivity index (χ0) is 8.32. The van der Waals surface area contributed by atoms with Crippen LogP contribution in [0.1, 0.15) is 38.5 Å². The van der Waals surface area contributed by atoms with Crippen molar-refractivity contribution in [2.45, 2.75) is 50.3 Å². The summed E-state index contributed by atoms with van der Waals surface area (Å²) in [4.78, 5) is 0. The molecule has 0 radical (unpaired) electrons. The summed E-state index contributed by atoms with van der Waals surface area (Å²) in [6.45, 7) is 0. The van der Waals surface area contributed by atoms with Crippen molar-refractivity contribution in [3.63, 3.8) is 0 Å². The first-order valence-electron chi connectivity index (χ1n) is 4.35. The van der Waals surface area contributed by atoms with E-state index in [1.165, 1.54) is 12.8 Å². The van der Waals surface area contributed by atoms with Crippen molar-refractivity contribution >= 4 is 0 Å². The molecule has 1 rings (SSSR count). The number of hydrogen-bond acceptors (Lipinski definition) is 3. The van der Waals surface area contributed by atoms with E-state index in [1.54, 1.807) is 0 Å². The first-order chi connectivity index (χ1) is 5.12. The Morgan fingerprint density at radius 1 is 1.36 bits per heavy atom. The molecule has 0 aromatic carbocycles. The second-order valence-electron chi connectivity index (χ2n) is 3.68. The van der Waals surface area contributed by atoms with E-state index < -0.39 is 6.23 Å². The molecule has 3 heteroatoms. The lowest BCUT2D eigenvalue weighted by Gasteiger charge is -2.23. The highest BCUT2D eigenvalue weighted by Crippen LogP contribution is 2.30. The fraction of sp³-hybridized carbons (Fsp3) is 1.00. The van der Waals surface area contributed by atoms with Crippen LogP contribution < -0.4 is 11.5 Å². The zero-order valence-corrected chi connectivity index (χ0v) is 6.92. The fourth-order valence-electron chi connectivity index (χ4n) is 1.76. The molecule has 1 fully saturated rings. The molecule has 1 atom stereocenters. The molecule has 0 heterocycles. The molecule has 5 N–H and O–H groups in total. The number of hydrogen-bond donors (Lipinski definition) is 3. The second kappa shape index (κ2) is 3.52. The van der Waals surface area contributed by atoms with Gasteiger partial charge < -0.3 is 16.6 Å². The van der Waals surface area contributed by atoms with Gasteiger partial charge in [0, 0.05) is 5.54 Å². The van der Waals surface area contributed by atoms with Crippen molar-refractivity contribution < 1.29 is 5.11 Å². The topological polar surface area (TPSA) is 72.3 Å². The molecule has 1 aliphatic carbocycles. The Morgan fingerprint density at radius 3 is 2.36 bits per heavy atom. The molecule has 0 aromatic rings. The molecule has 66 valence electrons. The minimum atomic E-state index is -0.684. The van der Waals surface area contributed by atoms with Gasteiger partial charge in [0.2, 0.25) is 0 Å². The lowest BCUT2D eigenvalue weighted by molar-refractivity contribution is 0.157. The number of rotatable bonds is 3. The van der Waals surface area contributed by atoms with Gasteiger partial charge in [-0.25, -0.2) is 0 Å². The molecular weight excluding hydrogens is 140 g/mol. The van der Waals surface area contributed by atoms with E-state index in [9.17, 15) is 0 Å². The largest absolute Gasteiger partial charge is 0.379 e. The molecule has 1 saturated carbocycles. The maximum absolute atomic E-state index is 8.85. The third kappa shape index (κ3) is 2.77. The third-order valence-electron chi connectivity index (χ3n) is 2.54. The van der Waals surface area contributed by atoms with E-state index >= 15 is 0 Å². The van der Waals surface area contributed by atoms with Gasteiger partial charge in [0.1, 0.15) is 6.23 Å². The van der Waals surface area contributed by atoms with E-state index in [-0.39, 0.29) is 5.54 Å². The number of nitrogens with two attached hydrogens (primary N) is 2. The first kappa shape index (κ1) is 8.97. The first-order valence-corrected chi connectivity index (χ1v) is 4.35. The van der Waals surface area contributed by atoms with Gasteiger partial charge in [0.15, 0.2) is 0 Å². The van der Waals surface area contributed by atoms with Crippen molar-refractivity contribution in [2.75, 3.05) is 0 Å². The lowest BCUT2D eigenvalue weighted by atomic mass is 9.93. The van der Waals surface area contributed by atoms with Gasteiger partial charge in [0.25, 0.3) is 0 Å². The van der Waals surface area contributed by atoms with E-state index in [4.69, 9.17) is 16.6 Å². The molecule has 11 heavy (non-hydrogen) atoms. The molecular formula is C8H18N2O. The summed E-state index contributed by atoms with van der Waals surface area (Å²) in [7, 11) is 0. The fourth-order valence-corrected chi connectivity index (χ4v) is 1.76. The summed E-state index contributed by atoms with van der Waals surface area (Å²) in [5.41, 5.74) is 11.3. The van der Waals surface area contributed by atoms with Gasteiger partial charge in [-0.2, -0.15) is 0 Å². The van der Waals surface area contributed by atoms with Crippen LogP contribution in [0.3, 0.4) is 0 Å². The predicted octanol–water partition coefficient (Wildman–Crippen LogP) is 0.315. The molecule has 0 spiro atoms. The SMILES string of the molecule is NC(O)CCC1(N)CCCC1. The van der Waals surface area contributed by atoms with Gasteiger partial charge >= 0.3 is 0 Å². The molecule has 0 saturated heterocycles. The summed E-state index contributed by atoms with van der Waals surface area (Å²) in [6, 6.07) is 0. The second-order valence-corrected chi connectivity index (χ2v) is 3.68. The van der Waals surface area contributed by atoms with E-state index in [0.29, 0.717) is 6.42 Å². The van der Waals surface area contributed by atoms with Crippen LogP contribution in [-0.4, -0.2) is 16.9 Å². The minimum absolute atomic E-state index is 0.0135. The Bertz CT molecular complexity index is 119. The van der Waals surface area contributed by atoms with Crippen LogP contribution in [-0.2, 0) is 0 Å². The van der Waals surface area contributed by atoms with Crippen molar-refractivity contribution in [2.24, 2.45) is 11.5 Å². The number of aliphatic hydroxyl groups excluding tert-OH is 1. The molecule has 1 unspecified atom stereocenters. The number of aliphatic hydroxyl groups is 1. The standard InChI is InChI=1S/C8H18N2O/c9-7(11)3-6-8(10)4-1-2-5-8/h7,11H,1-6,9-10H2. The predicted molar refractivity (Wildman–Crippen MR) is 44.8 cm³/mol. The molecule has 0 amide bonds. The maximum Gasteiger partial charge on any atom is 0.102 e. The van der Waals surface area contributed by atoms with Gasteiger partial charge in [-0.15, -0.1) is 0 Å². The van der Waals surface area contributed by atoms with Crippen LogP contribution in [0.15, 0.2) is 0 Å². The normalized spacial score (nSPS) is 25.4. The summed E-state index contributed by atoms with van der Waals surface area (Å²) in [6.07, 6.45) is 5.48. The Hall–Kier alpha value is -0.120. The van der Waals surface area contributed by atoms with Crippen LogP contribution in [0.25, 0.3) is 0 Å². The molecule has 3 nitrogen and oxygen atoms in total. The Kier molecular flexibility index (Phi) is 2.87. The average Bonchev–Trinajstić information content (AvgIpc) is 2.33. The highest BCUT2D eigenvalue weighted by molar-refractivity contribution is 4.89. The van der Waals surface area contributed by atoms with Gasteiger partial charge in [-0.05, 0) is 25.7 Å². The van der Waals surface area contributed by atoms with Crippen LogP contribution in [0.4, 0.5) is 0 Å². The molecule has 0 aromatic heterocycles. The van der Waals surface area contributed by atoms with E-state index in [0.717, 1.165) is 19.3 Å². The minimum Gasteiger partial charge on any atom is -0.379 e. The van der Waals surface area contributed by atoms with Crippen LogP contribution in [0.5, 0.6) is 0 Å². The average molecular weight is 158 g/mol. The summed E-state index contributed by atoms with van der Waals surface area (Å²) in [5, 5.41) is 8.85. The quantitative estimate of drug-likeness (QED) is 0.518. The Morgan fingerprint density at radius 2 is 1.91 bits per heavy atom. The van der Waals surface area contributed by atoms with Gasteiger partial charge in [-0.1, -0.05) is 12.8 Å². The van der Waals surface area contributed by atoms with Crippen molar-refractivity contribution in [3.05, 3.63) is 0 Å². The smallest absolute Gasteiger partial charge is 0.102 e. The highest BCUT2D eigenvalue weighted by atomic mass is 16.3. The van der Waals surface area contributed by atoms with E-state index in [2.05, 4.69) is 0 Å². The molecule has 0 aliphatic heterocycles. The third-order valence-corrected chi connectivity index (χ3v) is 2.54. The van der Waals surface area contributed by atoms with Crippen molar-refractivity contribution in [1.29, 1.82) is 0 Å². The lowest BCUT2D eigenvalue weighted by Crippen LogP contribution is -2.38. The van der Waals surface area contributed by atoms with Crippen LogP contribution in [0.2, 0.25) is 0 Å². The zero-order valence-electron chi connectivity index (χ0n) is 6.92. The van der Waals surface area contributed by atoms with E-state index in [1.807, 2.05) is 0 Å². The summed E-state index contributed by atoms with van der Waals surface area (Å²) in [5.74, 6) is 0. The summed E-state index contributed by atoms with van der Waals surface area (Å²) >= 11 is 0. The van der Waals surface area contributed by atoms with Crippen molar-refractivity contribution in [1.82, 2.24) is 0 Å². The molecule has 0 bridgehead atoms. The van der Waals surface area contributed by atoms with Gasteiger partial charge in [-0.3, -0.25) is 0 Å². The summed E-state index contributed by atoms with van der Waals surface area (Å²) < 4.78 is 0. The van der Waals surface area contributed by atoms with Gasteiger partial charge in [0.05, 0.1) is 0 Å². The maximum atomic E-state index is 8.85. The molecule has 1 aliphatic rings. The Labute approximate surface area is 67.8 Å². The Balaban J connectivity index is 2.23. The highest BCUT2D eigenvalue weighted by Gasteiger charge is 2.28. The van der Waals surface area contributed by atoms with Crippen molar-refractivity contribution in [3.8, 4) is 0 Å². The monoisotopic (exact) mass is 158 g/mol. The van der Waals surface area contributed by atoms with Crippen LogP contribution >= 0.6 is 0 Å².